The van der Waals surface area contributed by atoms with Crippen molar-refractivity contribution in [2.75, 3.05) is 13.2 Å². The summed E-state index contributed by atoms with van der Waals surface area (Å²) in [6.45, 7) is 0.144. The maximum absolute atomic E-state index is 12.4. The van der Waals surface area contributed by atoms with Crippen molar-refractivity contribution in [3.63, 3.8) is 0 Å². The molecule has 2 N–H and O–H groups in total. The minimum atomic E-state index is -0.605. The normalized spacial score (nSPS) is 21.8. The predicted octanol–water partition coefficient (Wildman–Crippen LogP) is 1.13. The van der Waals surface area contributed by atoms with Gasteiger partial charge in [0.15, 0.2) is 6.61 Å². The van der Waals surface area contributed by atoms with Crippen LogP contribution in [0.4, 0.5) is 0 Å². The van der Waals surface area contributed by atoms with Crippen molar-refractivity contribution in [2.45, 2.75) is 43.6 Å². The van der Waals surface area contributed by atoms with Gasteiger partial charge in [-0.15, -0.1) is 0 Å². The van der Waals surface area contributed by atoms with Crippen LogP contribution in [0.25, 0.3) is 0 Å². The van der Waals surface area contributed by atoms with Gasteiger partial charge in [0.05, 0.1) is 5.41 Å². The summed E-state index contributed by atoms with van der Waals surface area (Å²) in [5, 5.41) is 0. The third-order valence-corrected chi connectivity index (χ3v) is 4.95. The molecule has 1 aliphatic heterocycles. The second-order valence-electron chi connectivity index (χ2n) is 6.53. The van der Waals surface area contributed by atoms with Gasteiger partial charge in [0.25, 0.3) is 5.91 Å². The number of hydrogen-bond acceptors (Lipinski definition) is 4. The molecule has 2 amide bonds. The van der Waals surface area contributed by atoms with Gasteiger partial charge in [-0.3, -0.25) is 14.4 Å². The van der Waals surface area contributed by atoms with Gasteiger partial charge >= 0.3 is 5.97 Å². The molecule has 1 heterocycles. The second-order valence-corrected chi connectivity index (χ2v) is 6.53. The molecule has 2 aliphatic rings. The number of esters is 1. The van der Waals surface area contributed by atoms with Crippen LogP contribution in [0.2, 0.25) is 0 Å². The Morgan fingerprint density at radius 3 is 2.50 bits per heavy atom. The maximum atomic E-state index is 12.4. The zero-order valence-corrected chi connectivity index (χ0v) is 13.6. The Labute approximate surface area is 140 Å². The molecule has 6 heteroatoms. The zero-order valence-electron chi connectivity index (χ0n) is 13.6. The van der Waals surface area contributed by atoms with Gasteiger partial charge in [0.1, 0.15) is 6.04 Å². The van der Waals surface area contributed by atoms with E-state index in [-0.39, 0.29) is 18.5 Å². The molecular formula is C18H22N2O4. The molecule has 1 saturated heterocycles. The Morgan fingerprint density at radius 1 is 1.17 bits per heavy atom. The molecule has 0 spiro atoms. The number of nitrogens with zero attached hydrogens (tertiary/aromatic N) is 1. The lowest BCUT2D eigenvalue weighted by Crippen LogP contribution is -2.51. The number of hydrogen-bond donors (Lipinski definition) is 1. The van der Waals surface area contributed by atoms with Crippen molar-refractivity contribution in [2.24, 2.45) is 5.73 Å². The van der Waals surface area contributed by atoms with E-state index in [1.807, 2.05) is 30.3 Å². The molecule has 0 radical (unpaired) electrons. The fraction of sp³-hybridized carbons (Fsp3) is 0.500. The van der Waals surface area contributed by atoms with Crippen LogP contribution in [0.1, 0.15) is 37.7 Å². The number of likely N-dealkylation sites (tertiary alicyclic amines) is 1. The quantitative estimate of drug-likeness (QED) is 0.820. The van der Waals surface area contributed by atoms with E-state index in [4.69, 9.17) is 10.5 Å². The van der Waals surface area contributed by atoms with Gasteiger partial charge in [-0.25, -0.2) is 0 Å². The standard InChI is InChI=1S/C18H22N2O4/c19-16(22)14-8-4-5-11-20(14)15(21)12-24-17(23)18(9-10-18)13-6-2-1-3-7-13/h1-3,6-7,14H,4-5,8-12H2,(H2,19,22)/t14-/m0/s1. The second kappa shape index (κ2) is 6.63. The molecular weight excluding hydrogens is 308 g/mol. The molecule has 128 valence electrons. The van der Waals surface area contributed by atoms with Gasteiger partial charge in [-0.2, -0.15) is 0 Å². The molecule has 0 unspecified atom stereocenters. The van der Waals surface area contributed by atoms with Crippen LogP contribution in [-0.4, -0.2) is 41.9 Å². The molecule has 2 fully saturated rings. The summed E-state index contributed by atoms with van der Waals surface area (Å²) >= 11 is 0. The van der Waals surface area contributed by atoms with E-state index >= 15 is 0 Å². The first kappa shape index (κ1) is 16.5. The van der Waals surface area contributed by atoms with Crippen LogP contribution in [0.15, 0.2) is 30.3 Å². The van der Waals surface area contributed by atoms with E-state index in [9.17, 15) is 14.4 Å². The fourth-order valence-electron chi connectivity index (χ4n) is 3.37. The summed E-state index contributed by atoms with van der Waals surface area (Å²) in [7, 11) is 0. The molecule has 1 aromatic rings. The van der Waals surface area contributed by atoms with Crippen LogP contribution >= 0.6 is 0 Å². The molecule has 1 atom stereocenters. The van der Waals surface area contributed by atoms with Crippen molar-refractivity contribution in [3.8, 4) is 0 Å². The number of carbonyl (C=O) groups is 3. The summed E-state index contributed by atoms with van der Waals surface area (Å²) in [6, 6.07) is 8.90. The smallest absolute Gasteiger partial charge is 0.317 e. The molecule has 0 bridgehead atoms. The van der Waals surface area contributed by atoms with E-state index < -0.39 is 17.4 Å². The van der Waals surface area contributed by atoms with Gasteiger partial charge in [0.2, 0.25) is 5.91 Å². The van der Waals surface area contributed by atoms with Crippen LogP contribution < -0.4 is 5.73 Å². The van der Waals surface area contributed by atoms with Crippen LogP contribution in [-0.2, 0) is 24.5 Å². The lowest BCUT2D eigenvalue weighted by atomic mass is 9.96. The Hall–Kier alpha value is -2.37. The Kier molecular flexibility index (Phi) is 4.55. The zero-order chi connectivity index (χ0) is 17.2. The molecule has 6 nitrogen and oxygen atoms in total. The molecule has 1 aliphatic carbocycles. The molecule has 1 saturated carbocycles. The van der Waals surface area contributed by atoms with Crippen LogP contribution in [0.3, 0.4) is 0 Å². The van der Waals surface area contributed by atoms with E-state index in [0.717, 1.165) is 31.2 Å². The Balaban J connectivity index is 1.60. The van der Waals surface area contributed by atoms with Gasteiger partial charge in [-0.05, 0) is 37.7 Å². The average Bonchev–Trinajstić information content (AvgIpc) is 3.42. The maximum Gasteiger partial charge on any atom is 0.317 e. The van der Waals surface area contributed by atoms with Gasteiger partial charge in [-0.1, -0.05) is 30.3 Å². The van der Waals surface area contributed by atoms with E-state index in [1.54, 1.807) is 0 Å². The molecule has 1 aromatic carbocycles. The minimum Gasteiger partial charge on any atom is -0.455 e. The molecule has 24 heavy (non-hydrogen) atoms. The van der Waals surface area contributed by atoms with E-state index in [1.165, 1.54) is 4.90 Å². The summed E-state index contributed by atoms with van der Waals surface area (Å²) in [6.07, 6.45) is 3.74. The predicted molar refractivity (Wildman–Crippen MR) is 86.9 cm³/mol. The summed E-state index contributed by atoms with van der Waals surface area (Å²) < 4.78 is 5.28. The van der Waals surface area contributed by atoms with Crippen molar-refractivity contribution in [1.82, 2.24) is 4.90 Å². The minimum absolute atomic E-state index is 0.336. The number of rotatable bonds is 5. The van der Waals surface area contributed by atoms with Crippen LogP contribution in [0, 0.1) is 0 Å². The molecule has 0 aromatic heterocycles. The van der Waals surface area contributed by atoms with E-state index in [0.29, 0.717) is 13.0 Å². The highest BCUT2D eigenvalue weighted by Crippen LogP contribution is 2.49. The number of nitrogens with two attached hydrogens (primary N) is 1. The summed E-state index contributed by atoms with van der Waals surface area (Å²) in [5.74, 6) is -1.22. The number of ether oxygens (including phenoxy) is 1. The fourth-order valence-corrected chi connectivity index (χ4v) is 3.37. The first-order chi connectivity index (χ1) is 11.5. The van der Waals surface area contributed by atoms with Crippen molar-refractivity contribution in [1.29, 1.82) is 0 Å². The monoisotopic (exact) mass is 330 g/mol. The van der Waals surface area contributed by atoms with Crippen molar-refractivity contribution < 1.29 is 19.1 Å². The first-order valence-corrected chi connectivity index (χ1v) is 8.36. The lowest BCUT2D eigenvalue weighted by molar-refractivity contribution is -0.156. The topological polar surface area (TPSA) is 89.7 Å². The van der Waals surface area contributed by atoms with E-state index in [2.05, 4.69) is 0 Å². The van der Waals surface area contributed by atoms with Crippen molar-refractivity contribution >= 4 is 17.8 Å². The molecule has 3 rings (SSSR count). The third-order valence-electron chi connectivity index (χ3n) is 4.95. The summed E-state index contributed by atoms with van der Waals surface area (Å²) in [5.41, 5.74) is 5.69. The summed E-state index contributed by atoms with van der Waals surface area (Å²) in [4.78, 5) is 37.7. The largest absolute Gasteiger partial charge is 0.455 e. The van der Waals surface area contributed by atoms with Gasteiger partial charge < -0.3 is 15.4 Å². The van der Waals surface area contributed by atoms with Crippen molar-refractivity contribution in [3.05, 3.63) is 35.9 Å². The van der Waals surface area contributed by atoms with Crippen LogP contribution in [0.5, 0.6) is 0 Å². The highest BCUT2D eigenvalue weighted by atomic mass is 16.5. The SMILES string of the molecule is NC(=O)[C@@H]1CCCCN1C(=O)COC(=O)C1(c2ccccc2)CC1. The highest BCUT2D eigenvalue weighted by Gasteiger charge is 2.52. The number of primary amides is 1. The van der Waals surface area contributed by atoms with Gasteiger partial charge in [0, 0.05) is 6.54 Å². The lowest BCUT2D eigenvalue weighted by Gasteiger charge is -2.33. The number of benzene rings is 1. The number of amides is 2. The average molecular weight is 330 g/mol. The Morgan fingerprint density at radius 2 is 1.88 bits per heavy atom. The highest BCUT2D eigenvalue weighted by molar-refractivity contribution is 5.91. The number of piperidine rings is 1. The number of carbonyl (C=O) groups excluding carboxylic acids is 3. The first-order valence-electron chi connectivity index (χ1n) is 8.36. The third kappa shape index (κ3) is 3.13. The Bertz CT molecular complexity index is 640.